The second kappa shape index (κ2) is 5.00. The number of nitrogen functional groups attached to an aromatic ring is 1. The molecule has 76 valence electrons. The minimum absolute atomic E-state index is 0.530. The third-order valence-corrected chi connectivity index (χ3v) is 2.75. The van der Waals surface area contributed by atoms with Crippen LogP contribution in [0.15, 0.2) is 23.4 Å². The van der Waals surface area contributed by atoms with Gasteiger partial charge in [-0.15, -0.1) is 0 Å². The highest BCUT2D eigenvalue weighted by molar-refractivity contribution is 7.99. The van der Waals surface area contributed by atoms with E-state index in [1.165, 1.54) is 5.57 Å². The van der Waals surface area contributed by atoms with Crippen molar-refractivity contribution >= 4 is 17.6 Å². The second-order valence-electron chi connectivity index (χ2n) is 3.11. The maximum atomic E-state index is 5.61. The zero-order chi connectivity index (χ0) is 10.6. The molecule has 0 amide bonds. The van der Waals surface area contributed by atoms with Crippen molar-refractivity contribution in [2.75, 3.05) is 11.5 Å². The molecule has 3 nitrogen and oxygen atoms in total. The summed E-state index contributed by atoms with van der Waals surface area (Å²) in [6, 6.07) is 1.76. The summed E-state index contributed by atoms with van der Waals surface area (Å²) in [5, 5.41) is 0.733. The molecule has 14 heavy (non-hydrogen) atoms. The van der Waals surface area contributed by atoms with Crippen LogP contribution in [0, 0.1) is 6.92 Å². The van der Waals surface area contributed by atoms with Gasteiger partial charge in [0, 0.05) is 17.5 Å². The Bertz CT molecular complexity index is 316. The maximum Gasteiger partial charge on any atom is 0.190 e. The van der Waals surface area contributed by atoms with E-state index in [4.69, 9.17) is 5.73 Å². The van der Waals surface area contributed by atoms with Crippen molar-refractivity contribution in [1.29, 1.82) is 0 Å². The van der Waals surface area contributed by atoms with Crippen LogP contribution in [0.3, 0.4) is 0 Å². The van der Waals surface area contributed by atoms with Crippen molar-refractivity contribution in [1.82, 2.24) is 9.97 Å². The molecular weight excluding hydrogens is 194 g/mol. The fourth-order valence-electron chi connectivity index (χ4n) is 0.898. The molecule has 0 radical (unpaired) electrons. The molecule has 0 bridgehead atoms. The summed E-state index contributed by atoms with van der Waals surface area (Å²) in [6.07, 6.45) is 0.994. The van der Waals surface area contributed by atoms with Gasteiger partial charge in [-0.25, -0.2) is 9.97 Å². The SMILES string of the molecule is C=C(CC)CSc1nc(C)cc(N)n1. The Morgan fingerprint density at radius 3 is 2.86 bits per heavy atom. The van der Waals surface area contributed by atoms with Gasteiger partial charge in [-0.1, -0.05) is 30.8 Å². The van der Waals surface area contributed by atoms with E-state index in [2.05, 4.69) is 23.5 Å². The highest BCUT2D eigenvalue weighted by atomic mass is 32.2. The molecule has 0 aromatic carbocycles. The Morgan fingerprint density at radius 1 is 1.57 bits per heavy atom. The number of aryl methyl sites for hydroxylation is 1. The standard InChI is InChI=1S/C10H15N3S/c1-4-7(2)6-14-10-12-8(3)5-9(11)13-10/h5H,2,4,6H2,1,3H3,(H2,11,12,13). The zero-order valence-electron chi connectivity index (χ0n) is 8.58. The van der Waals surface area contributed by atoms with Gasteiger partial charge in [-0.3, -0.25) is 0 Å². The van der Waals surface area contributed by atoms with Crippen molar-refractivity contribution < 1.29 is 0 Å². The monoisotopic (exact) mass is 209 g/mol. The first-order valence-corrected chi connectivity index (χ1v) is 5.51. The topological polar surface area (TPSA) is 51.8 Å². The lowest BCUT2D eigenvalue weighted by atomic mass is 10.3. The average Bonchev–Trinajstić information content (AvgIpc) is 2.12. The van der Waals surface area contributed by atoms with E-state index in [-0.39, 0.29) is 0 Å². The highest BCUT2D eigenvalue weighted by Gasteiger charge is 2.01. The first kappa shape index (κ1) is 11.0. The summed E-state index contributed by atoms with van der Waals surface area (Å²) in [7, 11) is 0. The Morgan fingerprint density at radius 2 is 2.29 bits per heavy atom. The predicted octanol–water partition coefficient (Wildman–Crippen LogP) is 2.43. The van der Waals surface area contributed by atoms with Crippen LogP contribution in [0.5, 0.6) is 0 Å². The summed E-state index contributed by atoms with van der Waals surface area (Å²) in [4.78, 5) is 8.40. The van der Waals surface area contributed by atoms with Crippen LogP contribution in [0.2, 0.25) is 0 Å². The summed E-state index contributed by atoms with van der Waals surface area (Å²) < 4.78 is 0. The molecule has 1 aromatic rings. The van der Waals surface area contributed by atoms with Crippen LogP contribution in [-0.4, -0.2) is 15.7 Å². The van der Waals surface area contributed by atoms with Crippen LogP contribution < -0.4 is 5.73 Å². The van der Waals surface area contributed by atoms with Gasteiger partial charge in [-0.2, -0.15) is 0 Å². The molecule has 0 atom stereocenters. The summed E-state index contributed by atoms with van der Waals surface area (Å²) >= 11 is 1.58. The number of thioether (sulfide) groups is 1. The Kier molecular flexibility index (Phi) is 3.95. The molecular formula is C10H15N3S. The molecule has 0 aliphatic rings. The Labute approximate surface area is 88.8 Å². The number of nitrogens with zero attached hydrogens (tertiary/aromatic N) is 2. The van der Waals surface area contributed by atoms with Gasteiger partial charge < -0.3 is 5.73 Å². The lowest BCUT2D eigenvalue weighted by Crippen LogP contribution is -1.97. The van der Waals surface area contributed by atoms with Crippen molar-refractivity contribution in [2.45, 2.75) is 25.4 Å². The van der Waals surface area contributed by atoms with Gasteiger partial charge in [0.05, 0.1) is 0 Å². The molecule has 0 aliphatic heterocycles. The van der Waals surface area contributed by atoms with E-state index in [1.807, 2.05) is 6.92 Å². The van der Waals surface area contributed by atoms with Crippen LogP contribution in [0.1, 0.15) is 19.0 Å². The maximum absolute atomic E-state index is 5.61. The van der Waals surface area contributed by atoms with Crippen LogP contribution in [-0.2, 0) is 0 Å². The van der Waals surface area contributed by atoms with Gasteiger partial charge >= 0.3 is 0 Å². The van der Waals surface area contributed by atoms with Gasteiger partial charge in [0.2, 0.25) is 0 Å². The molecule has 0 fully saturated rings. The lowest BCUT2D eigenvalue weighted by Gasteiger charge is -2.03. The molecule has 0 unspecified atom stereocenters. The molecule has 0 aliphatic carbocycles. The number of nitrogens with two attached hydrogens (primary N) is 1. The number of hydrogen-bond acceptors (Lipinski definition) is 4. The third kappa shape index (κ3) is 3.38. The molecule has 0 saturated heterocycles. The van der Waals surface area contributed by atoms with E-state index in [0.717, 1.165) is 23.0 Å². The molecule has 1 aromatic heterocycles. The summed E-state index contributed by atoms with van der Waals surface area (Å²) in [6.45, 7) is 7.93. The molecule has 1 heterocycles. The third-order valence-electron chi connectivity index (χ3n) is 1.76. The minimum atomic E-state index is 0.530. The quantitative estimate of drug-likeness (QED) is 0.470. The van der Waals surface area contributed by atoms with E-state index >= 15 is 0 Å². The number of hydrogen-bond donors (Lipinski definition) is 1. The molecule has 0 spiro atoms. The normalized spacial score (nSPS) is 10.1. The summed E-state index contributed by atoms with van der Waals surface area (Å²) in [5.41, 5.74) is 7.71. The van der Waals surface area contributed by atoms with Gasteiger partial charge in [0.1, 0.15) is 5.82 Å². The number of aromatic nitrogens is 2. The van der Waals surface area contributed by atoms with Crippen LogP contribution >= 0.6 is 11.8 Å². The second-order valence-corrected chi connectivity index (χ2v) is 4.05. The van der Waals surface area contributed by atoms with Crippen molar-refractivity contribution in [3.8, 4) is 0 Å². The lowest BCUT2D eigenvalue weighted by molar-refractivity contribution is 0.940. The number of rotatable bonds is 4. The van der Waals surface area contributed by atoms with E-state index in [0.29, 0.717) is 5.82 Å². The number of anilines is 1. The fourth-order valence-corrected chi connectivity index (χ4v) is 1.81. The Hall–Kier alpha value is -1.03. The zero-order valence-corrected chi connectivity index (χ0v) is 9.40. The van der Waals surface area contributed by atoms with Crippen LogP contribution in [0.25, 0.3) is 0 Å². The van der Waals surface area contributed by atoms with E-state index in [1.54, 1.807) is 17.8 Å². The predicted molar refractivity (Wildman–Crippen MR) is 61.3 cm³/mol. The largest absolute Gasteiger partial charge is 0.384 e. The molecule has 4 heteroatoms. The van der Waals surface area contributed by atoms with Crippen LogP contribution in [0.4, 0.5) is 5.82 Å². The first-order valence-electron chi connectivity index (χ1n) is 4.52. The van der Waals surface area contributed by atoms with Gasteiger partial charge in [0.25, 0.3) is 0 Å². The average molecular weight is 209 g/mol. The van der Waals surface area contributed by atoms with Crippen molar-refractivity contribution in [3.05, 3.63) is 23.9 Å². The molecule has 1 rings (SSSR count). The molecule has 2 N–H and O–H groups in total. The first-order chi connectivity index (χ1) is 6.61. The smallest absolute Gasteiger partial charge is 0.190 e. The van der Waals surface area contributed by atoms with Gasteiger partial charge in [0.15, 0.2) is 5.16 Å². The van der Waals surface area contributed by atoms with Crippen molar-refractivity contribution in [2.24, 2.45) is 0 Å². The van der Waals surface area contributed by atoms with Gasteiger partial charge in [-0.05, 0) is 13.3 Å². The van der Waals surface area contributed by atoms with E-state index < -0.39 is 0 Å². The molecule has 0 saturated carbocycles. The summed E-state index contributed by atoms with van der Waals surface area (Å²) in [5.74, 6) is 1.39. The fraction of sp³-hybridized carbons (Fsp3) is 0.400. The highest BCUT2D eigenvalue weighted by Crippen LogP contribution is 2.18. The van der Waals surface area contributed by atoms with E-state index in [9.17, 15) is 0 Å². The minimum Gasteiger partial charge on any atom is -0.384 e. The Balaban J connectivity index is 2.63. The van der Waals surface area contributed by atoms with Crippen molar-refractivity contribution in [3.63, 3.8) is 0 Å².